The van der Waals surface area contributed by atoms with E-state index in [-0.39, 0.29) is 10.7 Å². The fourth-order valence-corrected chi connectivity index (χ4v) is 5.61. The van der Waals surface area contributed by atoms with E-state index in [0.29, 0.717) is 12.1 Å². The number of hydrogen-bond acceptors (Lipinski definition) is 3. The van der Waals surface area contributed by atoms with Gasteiger partial charge in [-0.15, -0.1) is 11.8 Å². The largest absolute Gasteiger partial charge is 0.333 e. The van der Waals surface area contributed by atoms with Gasteiger partial charge in [0.1, 0.15) is 4.75 Å². The highest BCUT2D eigenvalue weighted by Crippen LogP contribution is 2.49. The molecule has 4 rings (SSSR count). The summed E-state index contributed by atoms with van der Waals surface area (Å²) in [4.78, 5) is 19.9. The Morgan fingerprint density at radius 3 is 2.83 bits per heavy atom. The minimum atomic E-state index is -0.239. The average molecular weight is 326 g/mol. The van der Waals surface area contributed by atoms with E-state index in [2.05, 4.69) is 42.0 Å². The lowest BCUT2D eigenvalue weighted by Crippen LogP contribution is -2.48. The number of hydrogen-bond donors (Lipinski definition) is 0. The quantitative estimate of drug-likeness (QED) is 0.737. The van der Waals surface area contributed by atoms with E-state index in [9.17, 15) is 4.79 Å². The number of nitrogens with zero attached hydrogens (tertiary/aromatic N) is 2. The van der Waals surface area contributed by atoms with Gasteiger partial charge < -0.3 is 4.90 Å². The standard InChI is InChI=1S/C19H22N2OS/c1-13-6-5-7-14(2)21(13)18(22)15-12-23-19-10-4-3-8-17(19)20-11-9-16(15)19/h3-4,8-11,13-14H,5-7,12H2,1-2H3. The fourth-order valence-electron chi connectivity index (χ4n) is 4.17. The SMILES string of the molecule is CC1CCCC(C)N1C(=O)C1=C2C=CN=C3C=CC=CC32SC1. The molecule has 1 spiro atoms. The van der Waals surface area contributed by atoms with E-state index in [1.54, 1.807) is 0 Å². The lowest BCUT2D eigenvalue weighted by atomic mass is 9.84. The lowest BCUT2D eigenvalue weighted by Gasteiger charge is -2.39. The minimum Gasteiger partial charge on any atom is -0.333 e. The van der Waals surface area contributed by atoms with Crippen LogP contribution < -0.4 is 0 Å². The van der Waals surface area contributed by atoms with E-state index in [1.165, 1.54) is 6.42 Å². The zero-order valence-corrected chi connectivity index (χ0v) is 14.5. The number of likely N-dealkylation sites (tertiary alicyclic amines) is 1. The number of aliphatic imine (C=N–C) groups is 1. The maximum absolute atomic E-state index is 13.3. The molecule has 1 fully saturated rings. The Morgan fingerprint density at radius 2 is 2.04 bits per heavy atom. The van der Waals surface area contributed by atoms with Crippen molar-refractivity contribution in [3.05, 3.63) is 47.7 Å². The molecule has 0 aromatic carbocycles. The lowest BCUT2D eigenvalue weighted by molar-refractivity contribution is -0.132. The smallest absolute Gasteiger partial charge is 0.251 e. The Hall–Kier alpha value is -1.55. The Bertz CT molecular complexity index is 690. The van der Waals surface area contributed by atoms with E-state index >= 15 is 0 Å². The molecule has 3 aliphatic heterocycles. The fraction of sp³-hybridized carbons (Fsp3) is 0.474. The van der Waals surface area contributed by atoms with Gasteiger partial charge in [0, 0.05) is 29.6 Å². The van der Waals surface area contributed by atoms with Crippen molar-refractivity contribution < 1.29 is 4.79 Å². The molecule has 1 amide bonds. The van der Waals surface area contributed by atoms with Crippen LogP contribution in [0.15, 0.2) is 52.7 Å². The maximum Gasteiger partial charge on any atom is 0.251 e. The third-order valence-electron chi connectivity index (χ3n) is 5.39. The van der Waals surface area contributed by atoms with Gasteiger partial charge in [-0.05, 0) is 50.8 Å². The second kappa shape index (κ2) is 5.52. The zero-order valence-electron chi connectivity index (χ0n) is 13.7. The predicted molar refractivity (Wildman–Crippen MR) is 96.7 cm³/mol. The highest BCUT2D eigenvalue weighted by molar-refractivity contribution is 8.02. The molecule has 0 saturated carbocycles. The normalized spacial score (nSPS) is 35.2. The minimum absolute atomic E-state index is 0.234. The molecule has 4 aliphatic rings. The van der Waals surface area contributed by atoms with E-state index in [0.717, 1.165) is 35.5 Å². The first kappa shape index (κ1) is 15.0. The summed E-state index contributed by atoms with van der Waals surface area (Å²) in [6, 6.07) is 0.673. The maximum atomic E-state index is 13.3. The molecular formula is C19H22N2OS. The number of carbonyl (C=O) groups is 1. The van der Waals surface area contributed by atoms with Crippen molar-refractivity contribution in [2.45, 2.75) is 49.9 Å². The van der Waals surface area contributed by atoms with Crippen LogP contribution in [0.25, 0.3) is 0 Å². The summed E-state index contributed by atoms with van der Waals surface area (Å²) in [7, 11) is 0. The first-order chi connectivity index (χ1) is 11.1. The first-order valence-corrected chi connectivity index (χ1v) is 9.43. The van der Waals surface area contributed by atoms with Crippen LogP contribution in [0.3, 0.4) is 0 Å². The Labute approximate surface area is 141 Å². The average Bonchev–Trinajstić information content (AvgIpc) is 2.92. The first-order valence-electron chi connectivity index (χ1n) is 8.44. The van der Waals surface area contributed by atoms with E-state index < -0.39 is 0 Å². The molecule has 0 N–H and O–H groups in total. The van der Waals surface area contributed by atoms with Crippen LogP contribution in [0.4, 0.5) is 0 Å². The second-order valence-corrected chi connectivity index (χ2v) is 8.03. The van der Waals surface area contributed by atoms with Crippen molar-refractivity contribution in [1.29, 1.82) is 0 Å². The van der Waals surface area contributed by atoms with Gasteiger partial charge in [0.2, 0.25) is 0 Å². The summed E-state index contributed by atoms with van der Waals surface area (Å²) in [6.45, 7) is 4.37. The van der Waals surface area contributed by atoms with Gasteiger partial charge in [-0.2, -0.15) is 0 Å². The van der Waals surface area contributed by atoms with Gasteiger partial charge in [-0.25, -0.2) is 0 Å². The number of amides is 1. The molecular weight excluding hydrogens is 304 g/mol. The molecule has 3 unspecified atom stereocenters. The highest BCUT2D eigenvalue weighted by atomic mass is 32.2. The molecule has 0 bridgehead atoms. The van der Waals surface area contributed by atoms with Crippen LogP contribution >= 0.6 is 11.8 Å². The number of rotatable bonds is 1. The van der Waals surface area contributed by atoms with Crippen molar-refractivity contribution in [2.24, 2.45) is 4.99 Å². The Kier molecular flexibility index (Phi) is 3.60. The number of piperidine rings is 1. The van der Waals surface area contributed by atoms with Crippen molar-refractivity contribution in [1.82, 2.24) is 4.90 Å². The molecule has 1 aliphatic carbocycles. The monoisotopic (exact) mass is 326 g/mol. The molecule has 0 radical (unpaired) electrons. The van der Waals surface area contributed by atoms with E-state index in [1.807, 2.05) is 30.1 Å². The molecule has 3 nitrogen and oxygen atoms in total. The molecule has 1 saturated heterocycles. The number of thioether (sulfide) groups is 1. The van der Waals surface area contributed by atoms with Gasteiger partial charge in [-0.1, -0.05) is 18.2 Å². The molecule has 120 valence electrons. The molecule has 23 heavy (non-hydrogen) atoms. The molecule has 3 heterocycles. The third-order valence-corrected chi connectivity index (χ3v) is 6.84. The molecule has 3 atom stereocenters. The summed E-state index contributed by atoms with van der Waals surface area (Å²) in [5, 5.41) is 0. The topological polar surface area (TPSA) is 32.7 Å². The Morgan fingerprint density at radius 1 is 1.26 bits per heavy atom. The molecule has 0 aromatic heterocycles. The summed E-state index contributed by atoms with van der Waals surface area (Å²) in [6.07, 6.45) is 15.7. The number of carbonyl (C=O) groups excluding carboxylic acids is 1. The van der Waals surface area contributed by atoms with Crippen molar-refractivity contribution in [3.63, 3.8) is 0 Å². The van der Waals surface area contributed by atoms with Crippen molar-refractivity contribution >= 4 is 23.4 Å². The van der Waals surface area contributed by atoms with Gasteiger partial charge in [-0.3, -0.25) is 9.79 Å². The van der Waals surface area contributed by atoms with Crippen LogP contribution in [0, 0.1) is 0 Å². The highest BCUT2D eigenvalue weighted by Gasteiger charge is 2.47. The predicted octanol–water partition coefficient (Wildman–Crippen LogP) is 3.65. The van der Waals surface area contributed by atoms with Crippen LogP contribution in [-0.2, 0) is 4.79 Å². The van der Waals surface area contributed by atoms with Crippen LogP contribution in [0.1, 0.15) is 33.1 Å². The number of allylic oxidation sites excluding steroid dienone is 4. The molecule has 4 heteroatoms. The van der Waals surface area contributed by atoms with Gasteiger partial charge in [0.05, 0.1) is 5.71 Å². The molecule has 0 aromatic rings. The summed E-state index contributed by atoms with van der Waals surface area (Å²) < 4.78 is -0.239. The summed E-state index contributed by atoms with van der Waals surface area (Å²) >= 11 is 1.82. The van der Waals surface area contributed by atoms with Crippen LogP contribution in [0.5, 0.6) is 0 Å². The van der Waals surface area contributed by atoms with Gasteiger partial charge in [0.25, 0.3) is 5.91 Å². The third kappa shape index (κ3) is 2.18. The van der Waals surface area contributed by atoms with Crippen molar-refractivity contribution in [2.75, 3.05) is 5.75 Å². The van der Waals surface area contributed by atoms with Crippen LogP contribution in [0.2, 0.25) is 0 Å². The summed E-state index contributed by atoms with van der Waals surface area (Å²) in [5.41, 5.74) is 3.16. The van der Waals surface area contributed by atoms with Gasteiger partial charge in [0.15, 0.2) is 0 Å². The summed E-state index contributed by atoms with van der Waals surface area (Å²) in [5.74, 6) is 1.00. The van der Waals surface area contributed by atoms with E-state index in [4.69, 9.17) is 0 Å². The van der Waals surface area contributed by atoms with Crippen molar-refractivity contribution in [3.8, 4) is 0 Å². The second-order valence-electron chi connectivity index (χ2n) is 6.81. The zero-order chi connectivity index (χ0) is 16.0. The Balaban J connectivity index is 1.74. The van der Waals surface area contributed by atoms with Crippen LogP contribution in [-0.4, -0.2) is 39.1 Å². The van der Waals surface area contributed by atoms with Gasteiger partial charge >= 0.3 is 0 Å².